The molecule has 0 heterocycles. The van der Waals surface area contributed by atoms with Crippen molar-refractivity contribution in [2.24, 2.45) is 0 Å². The number of aliphatic hydroxyl groups excluding tert-OH is 1. The molecule has 118 valence electrons. The van der Waals surface area contributed by atoms with Crippen molar-refractivity contribution in [3.8, 4) is 5.75 Å². The van der Waals surface area contributed by atoms with E-state index < -0.39 is 6.10 Å². The molecule has 1 atom stereocenters. The van der Waals surface area contributed by atoms with Gasteiger partial charge in [-0.3, -0.25) is 4.79 Å². The Balaban J connectivity index is 2.37. The fraction of sp³-hybridized carbons (Fsp3) is 0.533. The van der Waals surface area contributed by atoms with Crippen molar-refractivity contribution < 1.29 is 19.4 Å². The minimum atomic E-state index is -0.544. The lowest BCUT2D eigenvalue weighted by atomic mass is 10.2. The number of nitrogens with zero attached hydrogens (tertiary/aromatic N) is 1. The van der Waals surface area contributed by atoms with Crippen LogP contribution in [0, 0.1) is 0 Å². The smallest absolute Gasteiger partial charge is 0.225 e. The van der Waals surface area contributed by atoms with E-state index in [0.717, 1.165) is 0 Å². The highest BCUT2D eigenvalue weighted by Crippen LogP contribution is 2.22. The Labute approximate surface area is 125 Å². The summed E-state index contributed by atoms with van der Waals surface area (Å²) < 4.78 is 10.0. The lowest BCUT2D eigenvalue weighted by Gasteiger charge is -2.19. The summed E-state index contributed by atoms with van der Waals surface area (Å²) in [6.45, 7) is 1.31. The van der Waals surface area contributed by atoms with Crippen LogP contribution in [0.15, 0.2) is 24.3 Å². The van der Waals surface area contributed by atoms with E-state index in [1.54, 1.807) is 26.4 Å². The molecule has 1 aromatic rings. The van der Waals surface area contributed by atoms with Gasteiger partial charge in [-0.15, -0.1) is 0 Å². The minimum absolute atomic E-state index is 0.0902. The zero-order valence-electron chi connectivity index (χ0n) is 12.8. The molecule has 2 N–H and O–H groups in total. The molecule has 6 heteroatoms. The molecule has 1 amide bonds. The number of likely N-dealkylation sites (N-methyl/N-ethyl adjacent to an activating group) is 1. The van der Waals surface area contributed by atoms with Crippen molar-refractivity contribution in [1.29, 1.82) is 0 Å². The van der Waals surface area contributed by atoms with Crippen LogP contribution in [0.4, 0.5) is 5.69 Å². The summed E-state index contributed by atoms with van der Waals surface area (Å²) in [6, 6.07) is 7.27. The molecule has 6 nitrogen and oxygen atoms in total. The van der Waals surface area contributed by atoms with E-state index in [1.807, 2.05) is 24.1 Å². The van der Waals surface area contributed by atoms with Crippen molar-refractivity contribution in [3.63, 3.8) is 0 Å². The third-order valence-corrected chi connectivity index (χ3v) is 2.98. The van der Waals surface area contributed by atoms with Gasteiger partial charge in [0, 0.05) is 26.6 Å². The number of para-hydroxylation sites is 2. The third kappa shape index (κ3) is 6.57. The third-order valence-electron chi connectivity index (χ3n) is 2.98. The van der Waals surface area contributed by atoms with Gasteiger partial charge in [0.1, 0.15) is 5.75 Å². The Morgan fingerprint density at radius 1 is 1.38 bits per heavy atom. The summed E-state index contributed by atoms with van der Waals surface area (Å²) in [5.74, 6) is 0.544. The number of anilines is 1. The van der Waals surface area contributed by atoms with Crippen LogP contribution >= 0.6 is 0 Å². The first-order valence-electron chi connectivity index (χ1n) is 6.85. The van der Waals surface area contributed by atoms with Crippen molar-refractivity contribution in [2.45, 2.75) is 12.5 Å². The lowest BCUT2D eigenvalue weighted by Crippen LogP contribution is -2.33. The van der Waals surface area contributed by atoms with Crippen LogP contribution in [0.5, 0.6) is 5.75 Å². The van der Waals surface area contributed by atoms with Gasteiger partial charge in [0.2, 0.25) is 5.91 Å². The van der Waals surface area contributed by atoms with Crippen molar-refractivity contribution in [2.75, 3.05) is 46.3 Å². The molecule has 0 bridgehead atoms. The summed E-state index contributed by atoms with van der Waals surface area (Å²) in [5.41, 5.74) is 0.659. The molecule has 1 aromatic carbocycles. The number of amides is 1. The largest absolute Gasteiger partial charge is 0.495 e. The van der Waals surface area contributed by atoms with E-state index in [9.17, 15) is 9.90 Å². The van der Waals surface area contributed by atoms with Crippen LogP contribution in [-0.4, -0.2) is 63.0 Å². The summed E-state index contributed by atoms with van der Waals surface area (Å²) in [5, 5.41) is 12.4. The van der Waals surface area contributed by atoms with E-state index in [1.165, 1.54) is 0 Å². The highest BCUT2D eigenvalue weighted by molar-refractivity contribution is 5.92. The molecule has 21 heavy (non-hydrogen) atoms. The predicted octanol–water partition coefficient (Wildman–Crippen LogP) is 0.963. The Morgan fingerprint density at radius 3 is 2.76 bits per heavy atom. The topological polar surface area (TPSA) is 71.0 Å². The molecule has 0 spiro atoms. The maximum absolute atomic E-state index is 11.9. The van der Waals surface area contributed by atoms with Crippen LogP contribution in [-0.2, 0) is 9.53 Å². The Morgan fingerprint density at radius 2 is 2.10 bits per heavy atom. The number of rotatable bonds is 9. The molecule has 0 radical (unpaired) electrons. The summed E-state index contributed by atoms with van der Waals surface area (Å²) in [6.07, 6.45) is -0.203. The number of hydrogen-bond donors (Lipinski definition) is 2. The number of ether oxygens (including phenoxy) is 2. The Kier molecular flexibility index (Phi) is 7.74. The van der Waals surface area contributed by atoms with Gasteiger partial charge in [-0.25, -0.2) is 0 Å². The first-order valence-corrected chi connectivity index (χ1v) is 6.85. The zero-order valence-corrected chi connectivity index (χ0v) is 12.8. The molecule has 0 saturated heterocycles. The number of nitrogens with one attached hydrogen (secondary N) is 1. The molecule has 0 aromatic heterocycles. The average Bonchev–Trinajstić information content (AvgIpc) is 2.46. The molecule has 1 unspecified atom stereocenters. The van der Waals surface area contributed by atoms with E-state index in [0.29, 0.717) is 30.9 Å². The predicted molar refractivity (Wildman–Crippen MR) is 81.6 cm³/mol. The van der Waals surface area contributed by atoms with Crippen molar-refractivity contribution in [1.82, 2.24) is 4.90 Å². The fourth-order valence-corrected chi connectivity index (χ4v) is 1.95. The molecule has 0 aliphatic carbocycles. The van der Waals surface area contributed by atoms with Crippen LogP contribution < -0.4 is 10.1 Å². The van der Waals surface area contributed by atoms with Gasteiger partial charge in [0.15, 0.2) is 0 Å². The quantitative estimate of drug-likeness (QED) is 0.710. The second kappa shape index (κ2) is 9.33. The van der Waals surface area contributed by atoms with E-state index in [-0.39, 0.29) is 12.5 Å². The summed E-state index contributed by atoms with van der Waals surface area (Å²) in [4.78, 5) is 13.8. The normalized spacial score (nSPS) is 12.2. The van der Waals surface area contributed by atoms with E-state index >= 15 is 0 Å². The van der Waals surface area contributed by atoms with Gasteiger partial charge in [-0.05, 0) is 19.2 Å². The Hall–Kier alpha value is -1.63. The van der Waals surface area contributed by atoms with Gasteiger partial charge >= 0.3 is 0 Å². The number of aliphatic hydroxyl groups is 1. The summed E-state index contributed by atoms with van der Waals surface area (Å²) >= 11 is 0. The second-order valence-electron chi connectivity index (χ2n) is 4.87. The standard InChI is InChI=1S/C15H24N2O4/c1-17(10-12(18)11-20-2)9-8-15(19)16-13-6-4-5-7-14(13)21-3/h4-7,12,18H,8-11H2,1-3H3,(H,16,19). The number of benzene rings is 1. The first-order chi connectivity index (χ1) is 10.1. The Bertz CT molecular complexity index is 439. The highest BCUT2D eigenvalue weighted by atomic mass is 16.5. The van der Waals surface area contributed by atoms with Gasteiger partial charge in [0.05, 0.1) is 25.5 Å². The van der Waals surface area contributed by atoms with Gasteiger partial charge < -0.3 is 24.8 Å². The molecule has 0 aliphatic heterocycles. The molecular formula is C15H24N2O4. The monoisotopic (exact) mass is 296 g/mol. The SMILES string of the molecule is COCC(O)CN(C)CCC(=O)Nc1ccccc1OC. The van der Waals surface area contributed by atoms with Gasteiger partial charge in [-0.1, -0.05) is 12.1 Å². The molecular weight excluding hydrogens is 272 g/mol. The number of carbonyl (C=O) groups excluding carboxylic acids is 1. The number of carbonyl (C=O) groups is 1. The first kappa shape index (κ1) is 17.4. The molecule has 0 fully saturated rings. The lowest BCUT2D eigenvalue weighted by molar-refractivity contribution is -0.116. The van der Waals surface area contributed by atoms with E-state index in [2.05, 4.69) is 5.32 Å². The van der Waals surface area contributed by atoms with Gasteiger partial charge in [0.25, 0.3) is 0 Å². The van der Waals surface area contributed by atoms with Crippen LogP contribution in [0.3, 0.4) is 0 Å². The number of hydrogen-bond acceptors (Lipinski definition) is 5. The molecule has 0 aliphatic rings. The van der Waals surface area contributed by atoms with Gasteiger partial charge in [-0.2, -0.15) is 0 Å². The van der Waals surface area contributed by atoms with Crippen molar-refractivity contribution >= 4 is 11.6 Å². The van der Waals surface area contributed by atoms with Crippen LogP contribution in [0.25, 0.3) is 0 Å². The second-order valence-corrected chi connectivity index (χ2v) is 4.87. The number of methoxy groups -OCH3 is 2. The van der Waals surface area contributed by atoms with E-state index in [4.69, 9.17) is 9.47 Å². The van der Waals surface area contributed by atoms with Crippen LogP contribution in [0.2, 0.25) is 0 Å². The fourth-order valence-electron chi connectivity index (χ4n) is 1.95. The average molecular weight is 296 g/mol. The summed E-state index contributed by atoms with van der Waals surface area (Å²) in [7, 11) is 4.97. The maximum atomic E-state index is 11.9. The minimum Gasteiger partial charge on any atom is -0.495 e. The molecule has 0 saturated carbocycles. The zero-order chi connectivity index (χ0) is 15.7. The van der Waals surface area contributed by atoms with Crippen LogP contribution in [0.1, 0.15) is 6.42 Å². The molecule has 1 rings (SSSR count). The maximum Gasteiger partial charge on any atom is 0.225 e. The highest BCUT2D eigenvalue weighted by Gasteiger charge is 2.11. The van der Waals surface area contributed by atoms with Crippen molar-refractivity contribution in [3.05, 3.63) is 24.3 Å².